The van der Waals surface area contributed by atoms with Gasteiger partial charge < -0.3 is 4.74 Å². The maximum absolute atomic E-state index is 8.96. The first-order valence-electron chi connectivity index (χ1n) is 6.53. The van der Waals surface area contributed by atoms with Crippen LogP contribution in [0.5, 0.6) is 5.75 Å². The van der Waals surface area contributed by atoms with Gasteiger partial charge >= 0.3 is 0 Å². The van der Waals surface area contributed by atoms with Gasteiger partial charge in [-0.05, 0) is 36.6 Å². The van der Waals surface area contributed by atoms with Crippen LogP contribution >= 0.6 is 0 Å². The highest BCUT2D eigenvalue weighted by Crippen LogP contribution is 2.18. The minimum atomic E-state index is -0.241. The molecule has 0 aliphatic heterocycles. The molecule has 0 radical (unpaired) electrons. The number of rotatable bonds is 7. The zero-order valence-corrected chi connectivity index (χ0v) is 11.4. The third kappa shape index (κ3) is 4.77. The molecular weight excluding hydrogens is 224 g/mol. The molecule has 1 atom stereocenters. The number of ether oxygens (including phenoxy) is 1. The Bertz CT molecular complexity index is 378. The van der Waals surface area contributed by atoms with Gasteiger partial charge in [-0.2, -0.15) is 5.26 Å². The molecule has 0 amide bonds. The van der Waals surface area contributed by atoms with Crippen molar-refractivity contribution >= 4 is 0 Å². The maximum atomic E-state index is 8.96. The largest absolute Gasteiger partial charge is 0.491 e. The third-order valence-electron chi connectivity index (χ3n) is 2.76. The summed E-state index contributed by atoms with van der Waals surface area (Å²) in [6.07, 6.45) is 1.02. The number of nitriles is 1. The molecule has 0 bridgehead atoms. The van der Waals surface area contributed by atoms with Crippen molar-refractivity contribution in [3.63, 3.8) is 0 Å². The van der Waals surface area contributed by atoms with E-state index in [0.29, 0.717) is 12.5 Å². The predicted molar refractivity (Wildman–Crippen MR) is 73.7 cm³/mol. The minimum absolute atomic E-state index is 0.241. The van der Waals surface area contributed by atoms with Crippen LogP contribution in [-0.4, -0.2) is 19.2 Å². The van der Waals surface area contributed by atoms with Gasteiger partial charge in [0.15, 0.2) is 0 Å². The van der Waals surface area contributed by atoms with Crippen molar-refractivity contribution in [2.45, 2.75) is 39.2 Å². The van der Waals surface area contributed by atoms with Crippen LogP contribution in [-0.2, 0) is 0 Å². The second-order valence-electron chi connectivity index (χ2n) is 4.67. The van der Waals surface area contributed by atoms with Crippen LogP contribution in [0.4, 0.5) is 0 Å². The summed E-state index contributed by atoms with van der Waals surface area (Å²) in [5.41, 5.74) is 1.29. The Labute approximate surface area is 110 Å². The van der Waals surface area contributed by atoms with Crippen molar-refractivity contribution in [3.8, 4) is 11.8 Å². The van der Waals surface area contributed by atoms with Crippen LogP contribution < -0.4 is 10.1 Å². The fourth-order valence-electron chi connectivity index (χ4n) is 1.59. The Morgan fingerprint density at radius 3 is 2.44 bits per heavy atom. The Morgan fingerprint density at radius 1 is 1.28 bits per heavy atom. The first-order chi connectivity index (χ1) is 8.67. The molecule has 1 rings (SSSR count). The SMILES string of the molecule is CCCNC(C#N)COc1ccc(C(C)C)cc1. The average Bonchev–Trinajstić information content (AvgIpc) is 2.39. The topological polar surface area (TPSA) is 45.0 Å². The Balaban J connectivity index is 2.45. The van der Waals surface area contributed by atoms with Crippen LogP contribution in [0.15, 0.2) is 24.3 Å². The summed E-state index contributed by atoms with van der Waals surface area (Å²) in [6.45, 7) is 7.63. The molecule has 3 heteroatoms. The van der Waals surface area contributed by atoms with E-state index in [0.717, 1.165) is 18.7 Å². The normalized spacial score (nSPS) is 12.2. The molecule has 0 aliphatic carbocycles. The van der Waals surface area contributed by atoms with Gasteiger partial charge in [0, 0.05) is 0 Å². The highest BCUT2D eigenvalue weighted by atomic mass is 16.5. The van der Waals surface area contributed by atoms with Gasteiger partial charge in [0.1, 0.15) is 18.4 Å². The van der Waals surface area contributed by atoms with Gasteiger partial charge in [-0.1, -0.05) is 32.9 Å². The second-order valence-corrected chi connectivity index (χ2v) is 4.67. The van der Waals surface area contributed by atoms with Gasteiger partial charge in [-0.15, -0.1) is 0 Å². The molecule has 0 saturated heterocycles. The van der Waals surface area contributed by atoms with E-state index in [1.807, 2.05) is 12.1 Å². The van der Waals surface area contributed by atoms with Crippen molar-refractivity contribution in [1.82, 2.24) is 5.32 Å². The lowest BCUT2D eigenvalue weighted by molar-refractivity contribution is 0.289. The number of hydrogen-bond donors (Lipinski definition) is 1. The van der Waals surface area contributed by atoms with Crippen molar-refractivity contribution in [1.29, 1.82) is 5.26 Å². The summed E-state index contributed by atoms with van der Waals surface area (Å²) in [5, 5.41) is 12.1. The molecule has 0 aromatic heterocycles. The van der Waals surface area contributed by atoms with Crippen molar-refractivity contribution in [3.05, 3.63) is 29.8 Å². The summed E-state index contributed by atoms with van der Waals surface area (Å²) in [4.78, 5) is 0. The van der Waals surface area contributed by atoms with Gasteiger partial charge in [0.2, 0.25) is 0 Å². The van der Waals surface area contributed by atoms with Crippen LogP contribution in [0.3, 0.4) is 0 Å². The Morgan fingerprint density at radius 2 is 1.94 bits per heavy atom. The molecule has 0 aliphatic rings. The van der Waals surface area contributed by atoms with Crippen LogP contribution in [0.1, 0.15) is 38.7 Å². The minimum Gasteiger partial charge on any atom is -0.491 e. The molecule has 0 heterocycles. The van der Waals surface area contributed by atoms with Crippen molar-refractivity contribution in [2.24, 2.45) is 0 Å². The molecule has 1 aromatic carbocycles. The van der Waals surface area contributed by atoms with Gasteiger partial charge in [0.25, 0.3) is 0 Å². The van der Waals surface area contributed by atoms with Crippen LogP contribution in [0, 0.1) is 11.3 Å². The highest BCUT2D eigenvalue weighted by molar-refractivity contribution is 5.28. The molecule has 0 spiro atoms. The number of hydrogen-bond acceptors (Lipinski definition) is 3. The summed E-state index contributed by atoms with van der Waals surface area (Å²) < 4.78 is 5.61. The number of nitrogens with one attached hydrogen (secondary N) is 1. The highest BCUT2D eigenvalue weighted by Gasteiger charge is 2.07. The monoisotopic (exact) mass is 246 g/mol. The first kappa shape index (κ1) is 14.5. The fraction of sp³-hybridized carbons (Fsp3) is 0.533. The first-order valence-corrected chi connectivity index (χ1v) is 6.53. The lowest BCUT2D eigenvalue weighted by Gasteiger charge is -2.13. The van der Waals surface area contributed by atoms with Crippen molar-refractivity contribution < 1.29 is 4.74 Å². The van der Waals surface area contributed by atoms with E-state index in [9.17, 15) is 0 Å². The molecule has 0 saturated carbocycles. The molecular formula is C15H22N2O. The fourth-order valence-corrected chi connectivity index (χ4v) is 1.59. The molecule has 0 fully saturated rings. The van der Waals surface area contributed by atoms with E-state index in [1.165, 1.54) is 5.56 Å². The molecule has 18 heavy (non-hydrogen) atoms. The zero-order chi connectivity index (χ0) is 13.4. The van der Waals surface area contributed by atoms with E-state index < -0.39 is 0 Å². The Hall–Kier alpha value is -1.53. The smallest absolute Gasteiger partial charge is 0.130 e. The number of benzene rings is 1. The van der Waals surface area contributed by atoms with Crippen molar-refractivity contribution in [2.75, 3.05) is 13.2 Å². The number of nitrogens with zero attached hydrogens (tertiary/aromatic N) is 1. The lowest BCUT2D eigenvalue weighted by Crippen LogP contribution is -2.33. The zero-order valence-electron chi connectivity index (χ0n) is 11.4. The Kier molecular flexibility index (Phi) is 6.24. The molecule has 98 valence electrons. The van der Waals surface area contributed by atoms with E-state index in [2.05, 4.69) is 44.3 Å². The molecule has 1 aromatic rings. The van der Waals surface area contributed by atoms with Crippen LogP contribution in [0.25, 0.3) is 0 Å². The molecule has 3 nitrogen and oxygen atoms in total. The van der Waals surface area contributed by atoms with E-state index in [4.69, 9.17) is 10.00 Å². The summed E-state index contributed by atoms with van der Waals surface area (Å²) >= 11 is 0. The van der Waals surface area contributed by atoms with E-state index in [-0.39, 0.29) is 6.04 Å². The second kappa shape index (κ2) is 7.73. The predicted octanol–water partition coefficient (Wildman–Crippen LogP) is 3.08. The summed E-state index contributed by atoms with van der Waals surface area (Å²) in [5.74, 6) is 1.34. The molecule has 1 N–H and O–H groups in total. The van der Waals surface area contributed by atoms with Crippen LogP contribution in [0.2, 0.25) is 0 Å². The van der Waals surface area contributed by atoms with Gasteiger partial charge in [0.05, 0.1) is 6.07 Å². The maximum Gasteiger partial charge on any atom is 0.130 e. The quantitative estimate of drug-likeness (QED) is 0.804. The standard InChI is InChI=1S/C15H22N2O/c1-4-9-17-14(10-16)11-18-15-7-5-13(6-8-15)12(2)3/h5-8,12,14,17H,4,9,11H2,1-3H3. The summed E-state index contributed by atoms with van der Waals surface area (Å²) in [6, 6.07) is 10.0. The van der Waals surface area contributed by atoms with Gasteiger partial charge in [-0.25, -0.2) is 0 Å². The van der Waals surface area contributed by atoms with E-state index >= 15 is 0 Å². The third-order valence-corrected chi connectivity index (χ3v) is 2.76. The average molecular weight is 246 g/mol. The van der Waals surface area contributed by atoms with Gasteiger partial charge in [-0.3, -0.25) is 5.32 Å². The van der Waals surface area contributed by atoms with E-state index in [1.54, 1.807) is 0 Å². The summed E-state index contributed by atoms with van der Waals surface area (Å²) in [7, 11) is 0. The lowest BCUT2D eigenvalue weighted by atomic mass is 10.0. The molecule has 1 unspecified atom stereocenters.